The molecule has 114 valence electrons. The summed E-state index contributed by atoms with van der Waals surface area (Å²) in [5.74, 6) is 0.564. The lowest BCUT2D eigenvalue weighted by Gasteiger charge is -2.08. The number of halogens is 1. The van der Waals surface area contributed by atoms with Crippen molar-refractivity contribution in [3.05, 3.63) is 51.3 Å². The first-order valence-electron chi connectivity index (χ1n) is 6.57. The molecule has 9 heteroatoms. The molecule has 0 saturated carbocycles. The van der Waals surface area contributed by atoms with Gasteiger partial charge in [0.15, 0.2) is 11.4 Å². The predicted molar refractivity (Wildman–Crippen MR) is 80.9 cm³/mol. The summed E-state index contributed by atoms with van der Waals surface area (Å²) in [7, 11) is 0. The van der Waals surface area contributed by atoms with Crippen LogP contribution in [0.25, 0.3) is 16.6 Å². The molecule has 0 amide bonds. The van der Waals surface area contributed by atoms with E-state index < -0.39 is 5.63 Å². The third-order valence-corrected chi connectivity index (χ3v) is 3.56. The van der Waals surface area contributed by atoms with E-state index in [4.69, 9.17) is 20.8 Å². The Bertz CT molecular complexity index is 1100. The minimum absolute atomic E-state index is 0.251. The number of fused-ring (bicyclic) bond motifs is 2. The van der Waals surface area contributed by atoms with E-state index in [9.17, 15) is 4.79 Å². The van der Waals surface area contributed by atoms with E-state index in [0.717, 1.165) is 10.9 Å². The molecule has 0 atom stereocenters. The highest BCUT2D eigenvalue weighted by atomic mass is 35.5. The SMILES string of the molecule is Cc1cc(=O)oc2cc(Oc3ccc4nnnn4n3)c(Cl)cc12. The summed E-state index contributed by atoms with van der Waals surface area (Å²) >= 11 is 6.24. The van der Waals surface area contributed by atoms with Crippen LogP contribution in [-0.2, 0) is 0 Å². The van der Waals surface area contributed by atoms with Gasteiger partial charge in [-0.25, -0.2) is 4.79 Å². The van der Waals surface area contributed by atoms with Gasteiger partial charge in [-0.1, -0.05) is 11.6 Å². The van der Waals surface area contributed by atoms with Crippen LogP contribution in [0.1, 0.15) is 5.56 Å². The fourth-order valence-electron chi connectivity index (χ4n) is 2.20. The summed E-state index contributed by atoms with van der Waals surface area (Å²) in [5.41, 5.74) is 1.22. The summed E-state index contributed by atoms with van der Waals surface area (Å²) in [4.78, 5) is 11.5. The molecule has 4 rings (SSSR count). The van der Waals surface area contributed by atoms with Gasteiger partial charge in [-0.15, -0.1) is 14.8 Å². The highest BCUT2D eigenvalue weighted by molar-refractivity contribution is 6.32. The van der Waals surface area contributed by atoms with Crippen molar-refractivity contribution >= 4 is 28.2 Å². The van der Waals surface area contributed by atoms with Gasteiger partial charge in [0.05, 0.1) is 5.02 Å². The Labute approximate surface area is 133 Å². The molecule has 1 aromatic carbocycles. The van der Waals surface area contributed by atoms with Crippen molar-refractivity contribution in [2.45, 2.75) is 6.92 Å². The molecule has 0 aliphatic heterocycles. The standard InChI is InChI=1S/C14H8ClN5O3/c1-7-4-14(21)23-10-6-11(9(15)5-8(7)10)22-13-3-2-12-16-18-19-20(12)17-13/h2-6H,1H3. The van der Waals surface area contributed by atoms with Crippen LogP contribution in [0.5, 0.6) is 11.6 Å². The molecule has 0 aliphatic carbocycles. The zero-order valence-corrected chi connectivity index (χ0v) is 12.5. The fourth-order valence-corrected chi connectivity index (χ4v) is 2.40. The van der Waals surface area contributed by atoms with E-state index in [1.807, 2.05) is 6.92 Å². The highest BCUT2D eigenvalue weighted by Gasteiger charge is 2.11. The smallest absolute Gasteiger partial charge is 0.336 e. The minimum atomic E-state index is -0.434. The van der Waals surface area contributed by atoms with Crippen molar-refractivity contribution in [1.82, 2.24) is 25.3 Å². The Balaban J connectivity index is 1.81. The first-order valence-corrected chi connectivity index (χ1v) is 6.95. The maximum atomic E-state index is 11.5. The van der Waals surface area contributed by atoms with Crippen molar-refractivity contribution in [2.75, 3.05) is 0 Å². The second kappa shape index (κ2) is 5.03. The van der Waals surface area contributed by atoms with Gasteiger partial charge in [-0.2, -0.15) is 0 Å². The van der Waals surface area contributed by atoms with Crippen molar-refractivity contribution in [3.63, 3.8) is 0 Å². The van der Waals surface area contributed by atoms with Crippen molar-refractivity contribution in [1.29, 1.82) is 0 Å². The molecule has 8 nitrogen and oxygen atoms in total. The third kappa shape index (κ3) is 2.38. The van der Waals surface area contributed by atoms with Crippen molar-refractivity contribution < 1.29 is 9.15 Å². The number of aromatic nitrogens is 5. The zero-order valence-electron chi connectivity index (χ0n) is 11.7. The van der Waals surface area contributed by atoms with Crippen LogP contribution in [0.4, 0.5) is 0 Å². The Hall–Kier alpha value is -3.00. The summed E-state index contributed by atoms with van der Waals surface area (Å²) in [6.07, 6.45) is 0. The maximum absolute atomic E-state index is 11.5. The van der Waals surface area contributed by atoms with E-state index in [2.05, 4.69) is 20.6 Å². The Morgan fingerprint density at radius 2 is 2.13 bits per heavy atom. The Morgan fingerprint density at radius 3 is 3.00 bits per heavy atom. The molecule has 3 aromatic heterocycles. The lowest BCUT2D eigenvalue weighted by atomic mass is 10.1. The van der Waals surface area contributed by atoms with Crippen molar-refractivity contribution in [3.8, 4) is 11.6 Å². The number of ether oxygens (including phenoxy) is 1. The molecule has 4 aromatic rings. The average molecular weight is 330 g/mol. The molecule has 0 bridgehead atoms. The van der Waals surface area contributed by atoms with Gasteiger partial charge in [0.25, 0.3) is 0 Å². The number of aryl methyl sites for hydroxylation is 1. The topological polar surface area (TPSA) is 95.4 Å². The van der Waals surface area contributed by atoms with Gasteiger partial charge < -0.3 is 9.15 Å². The van der Waals surface area contributed by atoms with Crippen molar-refractivity contribution in [2.24, 2.45) is 0 Å². The molecule has 23 heavy (non-hydrogen) atoms. The number of rotatable bonds is 2. The van der Waals surface area contributed by atoms with Crippen LogP contribution in [0, 0.1) is 6.92 Å². The first kappa shape index (κ1) is 13.6. The first-order chi connectivity index (χ1) is 11.1. The van der Waals surface area contributed by atoms with E-state index >= 15 is 0 Å². The Kier molecular flexibility index (Phi) is 2.98. The summed E-state index contributed by atoms with van der Waals surface area (Å²) in [5, 5.41) is 16.1. The second-order valence-electron chi connectivity index (χ2n) is 4.83. The normalized spacial score (nSPS) is 11.2. The molecule has 0 fully saturated rings. The van der Waals surface area contributed by atoms with Gasteiger partial charge in [-0.3, -0.25) is 0 Å². The molecule has 0 radical (unpaired) electrons. The number of tetrazole rings is 1. The molecule has 0 spiro atoms. The van der Waals surface area contributed by atoms with Crippen LogP contribution in [0.15, 0.2) is 39.5 Å². The van der Waals surface area contributed by atoms with Gasteiger partial charge in [-0.05, 0) is 35.0 Å². The Morgan fingerprint density at radius 1 is 1.26 bits per heavy atom. The monoisotopic (exact) mass is 329 g/mol. The fraction of sp³-hybridized carbons (Fsp3) is 0.0714. The van der Waals surface area contributed by atoms with Gasteiger partial charge in [0.2, 0.25) is 5.88 Å². The van der Waals surface area contributed by atoms with Gasteiger partial charge in [0, 0.05) is 23.6 Å². The van der Waals surface area contributed by atoms with E-state index in [-0.39, 0.29) is 5.88 Å². The summed E-state index contributed by atoms with van der Waals surface area (Å²) in [6.45, 7) is 1.81. The maximum Gasteiger partial charge on any atom is 0.336 e. The van der Waals surface area contributed by atoms with Crippen LogP contribution < -0.4 is 10.4 Å². The lowest BCUT2D eigenvalue weighted by Crippen LogP contribution is -1.99. The molecule has 0 saturated heterocycles. The van der Waals surface area contributed by atoms with E-state index in [1.165, 1.54) is 10.7 Å². The lowest BCUT2D eigenvalue weighted by molar-refractivity contribution is 0.446. The zero-order chi connectivity index (χ0) is 16.0. The van der Waals surface area contributed by atoms with Crippen LogP contribution in [0.3, 0.4) is 0 Å². The summed E-state index contributed by atoms with van der Waals surface area (Å²) < 4.78 is 12.1. The number of nitrogens with zero attached hydrogens (tertiary/aromatic N) is 5. The molecular formula is C14H8ClN5O3. The van der Waals surface area contributed by atoms with Gasteiger partial charge >= 0.3 is 5.63 Å². The highest BCUT2D eigenvalue weighted by Crippen LogP contribution is 2.33. The third-order valence-electron chi connectivity index (χ3n) is 3.26. The van der Waals surface area contributed by atoms with E-state index in [0.29, 0.717) is 22.0 Å². The van der Waals surface area contributed by atoms with Crippen LogP contribution in [-0.4, -0.2) is 25.3 Å². The minimum Gasteiger partial charge on any atom is -0.436 e. The van der Waals surface area contributed by atoms with Crippen LogP contribution in [0.2, 0.25) is 5.02 Å². The predicted octanol–water partition coefficient (Wildman–Crippen LogP) is 2.38. The number of benzene rings is 1. The number of hydrogen-bond donors (Lipinski definition) is 0. The van der Waals surface area contributed by atoms with E-state index in [1.54, 1.807) is 24.3 Å². The molecule has 3 heterocycles. The quantitative estimate of drug-likeness (QED) is 0.521. The second-order valence-corrected chi connectivity index (χ2v) is 5.23. The summed E-state index contributed by atoms with van der Waals surface area (Å²) in [6, 6.07) is 7.91. The number of hydrogen-bond acceptors (Lipinski definition) is 7. The van der Waals surface area contributed by atoms with Crippen LogP contribution >= 0.6 is 11.6 Å². The molecular weight excluding hydrogens is 322 g/mol. The largest absolute Gasteiger partial charge is 0.436 e. The molecule has 0 N–H and O–H groups in total. The molecule has 0 aliphatic rings. The molecule has 0 unspecified atom stereocenters. The average Bonchev–Trinajstić information content (AvgIpc) is 2.96. The van der Waals surface area contributed by atoms with Gasteiger partial charge in [0.1, 0.15) is 5.58 Å².